The van der Waals surface area contributed by atoms with Crippen LogP contribution in [0.1, 0.15) is 43.3 Å². The summed E-state index contributed by atoms with van der Waals surface area (Å²) in [5.41, 5.74) is 4.23. The largest absolute Gasteiger partial charge is 0.359 e. The Morgan fingerprint density at radius 2 is 1.96 bits per heavy atom. The van der Waals surface area contributed by atoms with E-state index >= 15 is 0 Å². The first kappa shape index (κ1) is 17.4. The second-order valence-corrected chi connectivity index (χ2v) is 6.92. The maximum atomic E-state index is 5.53. The Bertz CT molecular complexity index is 804. The first-order valence-electron chi connectivity index (χ1n) is 8.77. The van der Waals surface area contributed by atoms with Gasteiger partial charge in [0, 0.05) is 30.4 Å². The standard InChI is InChI=1S/C20H26N4O/c1-14(2)10-19(16-8-6-5-7-9-16)21-12-17-11-20(23-25-17)18-13-22-24(4)15(18)3/h5-9,11,13-14,19,21H,10,12H2,1-4H3. The Labute approximate surface area is 149 Å². The molecule has 132 valence electrons. The molecule has 0 fully saturated rings. The summed E-state index contributed by atoms with van der Waals surface area (Å²) in [6, 6.07) is 12.9. The summed E-state index contributed by atoms with van der Waals surface area (Å²) in [6.45, 7) is 7.17. The van der Waals surface area contributed by atoms with Gasteiger partial charge < -0.3 is 9.84 Å². The molecule has 2 aromatic heterocycles. The van der Waals surface area contributed by atoms with Gasteiger partial charge in [-0.1, -0.05) is 49.3 Å². The van der Waals surface area contributed by atoms with Gasteiger partial charge >= 0.3 is 0 Å². The first-order valence-corrected chi connectivity index (χ1v) is 8.77. The number of rotatable bonds is 7. The maximum absolute atomic E-state index is 5.53. The fourth-order valence-corrected chi connectivity index (χ4v) is 2.99. The number of nitrogens with zero attached hydrogens (tertiary/aromatic N) is 3. The molecule has 0 saturated heterocycles. The van der Waals surface area contributed by atoms with Crippen LogP contribution in [0.15, 0.2) is 47.1 Å². The summed E-state index contributed by atoms with van der Waals surface area (Å²) in [6.07, 6.45) is 2.91. The van der Waals surface area contributed by atoms with Gasteiger partial charge in [-0.2, -0.15) is 5.10 Å². The van der Waals surface area contributed by atoms with Gasteiger partial charge in [-0.3, -0.25) is 4.68 Å². The van der Waals surface area contributed by atoms with Crippen LogP contribution in [0.5, 0.6) is 0 Å². The smallest absolute Gasteiger partial charge is 0.151 e. The van der Waals surface area contributed by atoms with Crippen molar-refractivity contribution in [1.29, 1.82) is 0 Å². The Kier molecular flexibility index (Phi) is 5.34. The molecule has 0 aliphatic carbocycles. The van der Waals surface area contributed by atoms with E-state index in [1.165, 1.54) is 5.56 Å². The van der Waals surface area contributed by atoms with Gasteiger partial charge in [-0.05, 0) is 24.8 Å². The molecule has 0 bridgehead atoms. The van der Waals surface area contributed by atoms with Crippen LogP contribution in [-0.4, -0.2) is 14.9 Å². The summed E-state index contributed by atoms with van der Waals surface area (Å²) < 4.78 is 7.37. The topological polar surface area (TPSA) is 55.9 Å². The van der Waals surface area contributed by atoms with Crippen LogP contribution in [0.25, 0.3) is 11.3 Å². The third-order valence-corrected chi connectivity index (χ3v) is 4.50. The molecule has 0 aliphatic rings. The average molecular weight is 338 g/mol. The zero-order valence-electron chi connectivity index (χ0n) is 15.4. The number of aromatic nitrogens is 3. The molecular weight excluding hydrogens is 312 g/mol. The molecule has 0 saturated carbocycles. The summed E-state index contributed by atoms with van der Waals surface area (Å²) in [7, 11) is 1.93. The van der Waals surface area contributed by atoms with Crippen molar-refractivity contribution >= 4 is 0 Å². The lowest BCUT2D eigenvalue weighted by molar-refractivity contribution is 0.352. The van der Waals surface area contributed by atoms with Crippen molar-refractivity contribution < 1.29 is 4.52 Å². The summed E-state index contributed by atoms with van der Waals surface area (Å²) >= 11 is 0. The van der Waals surface area contributed by atoms with E-state index in [0.717, 1.165) is 29.1 Å². The predicted octanol–water partition coefficient (Wildman–Crippen LogP) is 4.26. The number of nitrogens with one attached hydrogen (secondary N) is 1. The van der Waals surface area contributed by atoms with E-state index < -0.39 is 0 Å². The molecule has 0 spiro atoms. The fourth-order valence-electron chi connectivity index (χ4n) is 2.99. The van der Waals surface area contributed by atoms with Crippen LogP contribution in [-0.2, 0) is 13.6 Å². The van der Waals surface area contributed by atoms with E-state index in [2.05, 4.69) is 59.8 Å². The molecule has 0 aliphatic heterocycles. The average Bonchev–Trinajstić information content (AvgIpc) is 3.19. The Hall–Kier alpha value is -2.40. The highest BCUT2D eigenvalue weighted by molar-refractivity contribution is 5.60. The zero-order valence-corrected chi connectivity index (χ0v) is 15.4. The van der Waals surface area contributed by atoms with E-state index in [1.807, 2.05) is 30.9 Å². The monoisotopic (exact) mass is 338 g/mol. The lowest BCUT2D eigenvalue weighted by Gasteiger charge is -2.20. The SMILES string of the molecule is Cc1c(-c2cc(CNC(CC(C)C)c3ccccc3)on2)cnn1C. The van der Waals surface area contributed by atoms with Crippen LogP contribution < -0.4 is 5.32 Å². The highest BCUT2D eigenvalue weighted by Crippen LogP contribution is 2.24. The molecule has 3 rings (SSSR count). The summed E-state index contributed by atoms with van der Waals surface area (Å²) in [5.74, 6) is 1.45. The number of benzene rings is 1. The van der Waals surface area contributed by atoms with Crippen LogP contribution in [0.2, 0.25) is 0 Å². The number of hydrogen-bond donors (Lipinski definition) is 1. The minimum atomic E-state index is 0.301. The van der Waals surface area contributed by atoms with Gasteiger partial charge in [0.1, 0.15) is 5.69 Å². The first-order chi connectivity index (χ1) is 12.0. The maximum Gasteiger partial charge on any atom is 0.151 e. The van der Waals surface area contributed by atoms with Gasteiger partial charge in [0.15, 0.2) is 5.76 Å². The van der Waals surface area contributed by atoms with Crippen molar-refractivity contribution in [3.8, 4) is 11.3 Å². The third kappa shape index (κ3) is 4.17. The van der Waals surface area contributed by atoms with E-state index in [0.29, 0.717) is 18.5 Å². The summed E-state index contributed by atoms with van der Waals surface area (Å²) in [4.78, 5) is 0. The summed E-state index contributed by atoms with van der Waals surface area (Å²) in [5, 5.41) is 12.1. The number of hydrogen-bond acceptors (Lipinski definition) is 4. The van der Waals surface area contributed by atoms with Crippen molar-refractivity contribution in [3.05, 3.63) is 59.6 Å². The van der Waals surface area contributed by atoms with Gasteiger partial charge in [0.25, 0.3) is 0 Å². The molecule has 5 heteroatoms. The fraction of sp³-hybridized carbons (Fsp3) is 0.400. The van der Waals surface area contributed by atoms with E-state index in [4.69, 9.17) is 4.52 Å². The molecule has 1 N–H and O–H groups in total. The molecule has 0 amide bonds. The van der Waals surface area contributed by atoms with E-state index in [9.17, 15) is 0 Å². The van der Waals surface area contributed by atoms with Crippen LogP contribution >= 0.6 is 0 Å². The van der Waals surface area contributed by atoms with Gasteiger partial charge in [-0.25, -0.2) is 0 Å². The van der Waals surface area contributed by atoms with Crippen molar-refractivity contribution in [3.63, 3.8) is 0 Å². The Morgan fingerprint density at radius 3 is 2.60 bits per heavy atom. The van der Waals surface area contributed by atoms with Crippen LogP contribution in [0, 0.1) is 12.8 Å². The van der Waals surface area contributed by atoms with Gasteiger partial charge in [0.2, 0.25) is 0 Å². The lowest BCUT2D eigenvalue weighted by Crippen LogP contribution is -2.22. The molecular formula is C20H26N4O. The zero-order chi connectivity index (χ0) is 17.8. The minimum absolute atomic E-state index is 0.301. The van der Waals surface area contributed by atoms with E-state index in [-0.39, 0.29) is 0 Å². The second-order valence-electron chi connectivity index (χ2n) is 6.92. The normalized spacial score (nSPS) is 12.7. The highest BCUT2D eigenvalue weighted by atomic mass is 16.5. The van der Waals surface area contributed by atoms with Crippen LogP contribution in [0.4, 0.5) is 0 Å². The minimum Gasteiger partial charge on any atom is -0.359 e. The van der Waals surface area contributed by atoms with Crippen molar-refractivity contribution in [2.24, 2.45) is 13.0 Å². The predicted molar refractivity (Wildman–Crippen MR) is 98.9 cm³/mol. The van der Waals surface area contributed by atoms with Crippen molar-refractivity contribution in [1.82, 2.24) is 20.3 Å². The highest BCUT2D eigenvalue weighted by Gasteiger charge is 2.15. The van der Waals surface area contributed by atoms with Crippen molar-refractivity contribution in [2.45, 2.75) is 39.8 Å². The lowest BCUT2D eigenvalue weighted by atomic mass is 9.97. The Morgan fingerprint density at radius 1 is 1.20 bits per heavy atom. The Balaban J connectivity index is 1.70. The molecule has 1 aromatic carbocycles. The molecule has 1 unspecified atom stereocenters. The second kappa shape index (κ2) is 7.66. The van der Waals surface area contributed by atoms with E-state index in [1.54, 1.807) is 0 Å². The van der Waals surface area contributed by atoms with Crippen molar-refractivity contribution in [2.75, 3.05) is 0 Å². The molecule has 5 nitrogen and oxygen atoms in total. The molecule has 0 radical (unpaired) electrons. The van der Waals surface area contributed by atoms with Gasteiger partial charge in [0.05, 0.1) is 12.7 Å². The molecule has 1 atom stereocenters. The molecule has 25 heavy (non-hydrogen) atoms. The molecule has 3 aromatic rings. The third-order valence-electron chi connectivity index (χ3n) is 4.50. The van der Waals surface area contributed by atoms with Gasteiger partial charge in [-0.15, -0.1) is 0 Å². The number of aryl methyl sites for hydroxylation is 1. The van der Waals surface area contributed by atoms with Crippen LogP contribution in [0.3, 0.4) is 0 Å². The molecule has 2 heterocycles. The quantitative estimate of drug-likeness (QED) is 0.699.